The minimum Gasteiger partial charge on any atom is -0.469 e. The molecule has 0 amide bonds. The van der Waals surface area contributed by atoms with Crippen molar-refractivity contribution in [3.8, 4) is 11.1 Å². The van der Waals surface area contributed by atoms with Crippen molar-refractivity contribution in [3.05, 3.63) is 57.7 Å². The van der Waals surface area contributed by atoms with Gasteiger partial charge in [-0.25, -0.2) is 0 Å². The van der Waals surface area contributed by atoms with Crippen LogP contribution < -0.4 is 0 Å². The maximum absolute atomic E-state index is 11.3. The number of benzene rings is 2. The highest BCUT2D eigenvalue weighted by Gasteiger charge is 2.10. The fourth-order valence-corrected chi connectivity index (χ4v) is 2.80. The van der Waals surface area contributed by atoms with Crippen LogP contribution in [0.1, 0.15) is 12.0 Å². The molecule has 0 aliphatic heterocycles. The Balaban J connectivity index is 2.34. The van der Waals surface area contributed by atoms with Crippen LogP contribution in [-0.4, -0.2) is 13.1 Å². The summed E-state index contributed by atoms with van der Waals surface area (Å²) in [5.41, 5.74) is 3.58. The molecule has 0 atom stereocenters. The molecule has 3 heteroatoms. The number of carbonyl (C=O) groups excluding carboxylic acids is 1. The minimum absolute atomic E-state index is 0.168. The van der Waals surface area contributed by atoms with Gasteiger partial charge < -0.3 is 4.74 Å². The molecule has 0 aliphatic rings. The maximum atomic E-state index is 11.3. The van der Waals surface area contributed by atoms with Gasteiger partial charge in [-0.05, 0) is 51.8 Å². The van der Waals surface area contributed by atoms with Crippen molar-refractivity contribution in [2.45, 2.75) is 12.8 Å². The summed E-state index contributed by atoms with van der Waals surface area (Å²) >= 11 is 2.32. The Hall–Kier alpha value is -1.36. The van der Waals surface area contributed by atoms with Crippen molar-refractivity contribution < 1.29 is 9.53 Å². The molecular weight excluding hydrogens is 351 g/mol. The van der Waals surface area contributed by atoms with Crippen molar-refractivity contribution in [3.63, 3.8) is 0 Å². The number of rotatable bonds is 4. The first kappa shape index (κ1) is 14.1. The van der Waals surface area contributed by atoms with Crippen LogP contribution in [0.15, 0.2) is 48.5 Å². The van der Waals surface area contributed by atoms with E-state index in [1.54, 1.807) is 0 Å². The van der Waals surface area contributed by atoms with E-state index in [1.807, 2.05) is 24.3 Å². The Morgan fingerprint density at radius 1 is 1.11 bits per heavy atom. The molecule has 2 nitrogen and oxygen atoms in total. The molecule has 0 saturated heterocycles. The first-order valence-electron chi connectivity index (χ1n) is 6.12. The first-order valence-corrected chi connectivity index (χ1v) is 7.20. The van der Waals surface area contributed by atoms with E-state index >= 15 is 0 Å². The molecule has 19 heavy (non-hydrogen) atoms. The van der Waals surface area contributed by atoms with Gasteiger partial charge in [-0.1, -0.05) is 42.5 Å². The van der Waals surface area contributed by atoms with Gasteiger partial charge in [0.25, 0.3) is 0 Å². The summed E-state index contributed by atoms with van der Waals surface area (Å²) in [6.45, 7) is 0. The molecule has 0 heterocycles. The Morgan fingerprint density at radius 3 is 2.53 bits per heavy atom. The fourth-order valence-electron chi connectivity index (χ4n) is 2.03. The third-order valence-electron chi connectivity index (χ3n) is 3.01. The molecule has 0 bridgehead atoms. The van der Waals surface area contributed by atoms with Crippen LogP contribution in [0.4, 0.5) is 0 Å². The molecule has 0 unspecified atom stereocenters. The highest BCUT2D eigenvalue weighted by atomic mass is 127. The van der Waals surface area contributed by atoms with Crippen LogP contribution in [0, 0.1) is 3.57 Å². The van der Waals surface area contributed by atoms with E-state index in [0.717, 1.165) is 0 Å². The number of halogens is 1. The average molecular weight is 366 g/mol. The van der Waals surface area contributed by atoms with Crippen LogP contribution in [0.3, 0.4) is 0 Å². The number of hydrogen-bond acceptors (Lipinski definition) is 2. The number of carbonyl (C=O) groups is 1. The second-order valence-corrected chi connectivity index (χ2v) is 5.37. The van der Waals surface area contributed by atoms with Gasteiger partial charge in [-0.3, -0.25) is 4.79 Å². The summed E-state index contributed by atoms with van der Waals surface area (Å²) in [5, 5.41) is 0. The standard InChI is InChI=1S/C16H15IO2/c1-19-16(18)11-10-14-13(8-5-9-15(14)17)12-6-3-2-4-7-12/h2-9H,10-11H2,1H3. The molecule has 0 saturated carbocycles. The second-order valence-electron chi connectivity index (χ2n) is 4.21. The van der Waals surface area contributed by atoms with Crippen molar-refractivity contribution >= 4 is 28.6 Å². The minimum atomic E-state index is -0.168. The quantitative estimate of drug-likeness (QED) is 0.603. The van der Waals surface area contributed by atoms with Gasteiger partial charge in [0.2, 0.25) is 0 Å². The van der Waals surface area contributed by atoms with Crippen LogP contribution in [0.2, 0.25) is 0 Å². The molecule has 2 aromatic rings. The highest BCUT2D eigenvalue weighted by molar-refractivity contribution is 14.1. The molecule has 2 rings (SSSR count). The molecule has 2 aromatic carbocycles. The molecule has 98 valence electrons. The van der Waals surface area contributed by atoms with Crippen LogP contribution in [0.25, 0.3) is 11.1 Å². The summed E-state index contributed by atoms with van der Waals surface area (Å²) < 4.78 is 5.90. The van der Waals surface area contributed by atoms with E-state index in [0.29, 0.717) is 12.8 Å². The maximum Gasteiger partial charge on any atom is 0.305 e. The van der Waals surface area contributed by atoms with Gasteiger partial charge in [0, 0.05) is 9.99 Å². The van der Waals surface area contributed by atoms with E-state index < -0.39 is 0 Å². The molecule has 0 N–H and O–H groups in total. The predicted octanol–water partition coefficient (Wildman–Crippen LogP) is 4.06. The van der Waals surface area contributed by atoms with Crippen LogP contribution in [0.5, 0.6) is 0 Å². The smallest absolute Gasteiger partial charge is 0.305 e. The number of methoxy groups -OCH3 is 1. The highest BCUT2D eigenvalue weighted by Crippen LogP contribution is 2.28. The van der Waals surface area contributed by atoms with Crippen molar-refractivity contribution in [1.29, 1.82) is 0 Å². The third-order valence-corrected chi connectivity index (χ3v) is 4.02. The Kier molecular flexibility index (Phi) is 4.96. The van der Waals surface area contributed by atoms with Crippen molar-refractivity contribution in [2.75, 3.05) is 7.11 Å². The van der Waals surface area contributed by atoms with Gasteiger partial charge in [-0.15, -0.1) is 0 Å². The summed E-state index contributed by atoms with van der Waals surface area (Å²) in [5.74, 6) is -0.168. The van der Waals surface area contributed by atoms with Gasteiger partial charge in [0.05, 0.1) is 7.11 Å². The van der Waals surface area contributed by atoms with Crippen molar-refractivity contribution in [2.24, 2.45) is 0 Å². The lowest BCUT2D eigenvalue weighted by molar-refractivity contribution is -0.140. The lowest BCUT2D eigenvalue weighted by Crippen LogP contribution is -2.04. The summed E-state index contributed by atoms with van der Waals surface area (Å²) in [6.07, 6.45) is 1.12. The molecule has 0 aliphatic carbocycles. The zero-order valence-corrected chi connectivity index (χ0v) is 12.9. The molecule has 0 radical (unpaired) electrons. The van der Waals surface area contributed by atoms with E-state index in [1.165, 1.54) is 27.4 Å². The Labute approximate surface area is 126 Å². The van der Waals surface area contributed by atoms with Crippen molar-refractivity contribution in [1.82, 2.24) is 0 Å². The van der Waals surface area contributed by atoms with E-state index in [9.17, 15) is 4.79 Å². The topological polar surface area (TPSA) is 26.3 Å². The van der Waals surface area contributed by atoms with Gasteiger partial charge in [-0.2, -0.15) is 0 Å². The number of esters is 1. The molecular formula is C16H15IO2. The average Bonchev–Trinajstić information content (AvgIpc) is 2.46. The summed E-state index contributed by atoms with van der Waals surface area (Å²) in [4.78, 5) is 11.3. The fraction of sp³-hybridized carbons (Fsp3) is 0.188. The third kappa shape index (κ3) is 3.56. The van der Waals surface area contributed by atoms with Gasteiger partial charge in [0.15, 0.2) is 0 Å². The van der Waals surface area contributed by atoms with Gasteiger partial charge in [0.1, 0.15) is 0 Å². The molecule has 0 spiro atoms. The van der Waals surface area contributed by atoms with Gasteiger partial charge >= 0.3 is 5.97 Å². The first-order chi connectivity index (χ1) is 9.22. The van der Waals surface area contributed by atoms with Crippen LogP contribution >= 0.6 is 22.6 Å². The summed E-state index contributed by atoms with van der Waals surface area (Å²) in [6, 6.07) is 16.5. The monoisotopic (exact) mass is 366 g/mol. The predicted molar refractivity (Wildman–Crippen MR) is 84.9 cm³/mol. The Bertz CT molecular complexity index is 564. The zero-order valence-electron chi connectivity index (χ0n) is 10.7. The van der Waals surface area contributed by atoms with E-state index in [4.69, 9.17) is 4.74 Å². The lowest BCUT2D eigenvalue weighted by Gasteiger charge is -2.11. The molecule has 0 fully saturated rings. The lowest BCUT2D eigenvalue weighted by atomic mass is 9.97. The Morgan fingerprint density at radius 2 is 1.84 bits per heavy atom. The zero-order chi connectivity index (χ0) is 13.7. The van der Waals surface area contributed by atoms with E-state index in [-0.39, 0.29) is 5.97 Å². The number of ether oxygens (including phenoxy) is 1. The summed E-state index contributed by atoms with van der Waals surface area (Å²) in [7, 11) is 1.43. The SMILES string of the molecule is COC(=O)CCc1c(I)cccc1-c1ccccc1. The normalized spacial score (nSPS) is 10.2. The number of hydrogen-bond donors (Lipinski definition) is 0. The largest absolute Gasteiger partial charge is 0.469 e. The molecule has 0 aromatic heterocycles. The second kappa shape index (κ2) is 6.70. The van der Waals surface area contributed by atoms with Crippen LogP contribution in [-0.2, 0) is 16.0 Å². The van der Waals surface area contributed by atoms with E-state index in [2.05, 4.69) is 46.9 Å².